The molecule has 1 unspecified atom stereocenters. The normalized spacial score (nSPS) is 12.3. The van der Waals surface area contributed by atoms with Gasteiger partial charge in [0.25, 0.3) is 5.91 Å². The van der Waals surface area contributed by atoms with Gasteiger partial charge in [0.15, 0.2) is 5.76 Å². The highest BCUT2D eigenvalue weighted by Gasteiger charge is 2.21. The van der Waals surface area contributed by atoms with Crippen LogP contribution in [0.5, 0.6) is 0 Å². The molecule has 0 radical (unpaired) electrons. The summed E-state index contributed by atoms with van der Waals surface area (Å²) in [5, 5.41) is 12.4. The van der Waals surface area contributed by atoms with Crippen LogP contribution >= 0.6 is 0 Å². The Hall–Kier alpha value is -2.30. The Morgan fingerprint density at radius 1 is 1.24 bits per heavy atom. The largest absolute Gasteiger partial charge is 0.480 e. The van der Waals surface area contributed by atoms with Crippen molar-refractivity contribution < 1.29 is 19.1 Å². The Morgan fingerprint density at radius 2 is 1.90 bits per heavy atom. The molecule has 0 saturated carbocycles. The monoisotopic (exact) mass is 289 g/mol. The topological polar surface area (TPSA) is 79.5 Å². The highest BCUT2D eigenvalue weighted by Crippen LogP contribution is 2.23. The molecule has 1 amide bonds. The fourth-order valence-corrected chi connectivity index (χ4v) is 2.19. The number of carbonyl (C=O) groups excluding carboxylic acids is 1. The fraction of sp³-hybridized carbons (Fsp3) is 0.375. The molecule has 5 heteroatoms. The van der Waals surface area contributed by atoms with E-state index in [4.69, 9.17) is 9.52 Å². The maximum Gasteiger partial charge on any atom is 0.326 e. The highest BCUT2D eigenvalue weighted by atomic mass is 16.4. The standard InChI is InChI=1S/C16H19NO4/c1-4-5-12(16(19)20)17-15(18)14-8-11-6-9(2)10(3)7-13(11)21-14/h6-8,12H,4-5H2,1-3H3,(H,17,18)(H,19,20). The molecule has 2 N–H and O–H groups in total. The lowest BCUT2D eigenvalue weighted by atomic mass is 10.1. The molecule has 112 valence electrons. The van der Waals surface area contributed by atoms with Crippen molar-refractivity contribution >= 4 is 22.8 Å². The minimum Gasteiger partial charge on any atom is -0.480 e. The van der Waals surface area contributed by atoms with Gasteiger partial charge in [-0.15, -0.1) is 0 Å². The minimum absolute atomic E-state index is 0.136. The van der Waals surface area contributed by atoms with Crippen molar-refractivity contribution in [3.05, 3.63) is 35.1 Å². The number of nitrogens with one attached hydrogen (secondary N) is 1. The molecular weight excluding hydrogens is 270 g/mol. The van der Waals surface area contributed by atoms with Gasteiger partial charge in [-0.25, -0.2) is 4.79 Å². The van der Waals surface area contributed by atoms with Crippen LogP contribution in [0.3, 0.4) is 0 Å². The Kier molecular flexibility index (Phi) is 4.31. The molecule has 21 heavy (non-hydrogen) atoms. The molecule has 2 rings (SSSR count). The summed E-state index contributed by atoms with van der Waals surface area (Å²) in [5.41, 5.74) is 2.83. The Labute approximate surface area is 122 Å². The van der Waals surface area contributed by atoms with Crippen LogP contribution in [0.25, 0.3) is 11.0 Å². The Morgan fingerprint density at radius 3 is 2.52 bits per heavy atom. The zero-order valence-corrected chi connectivity index (χ0v) is 12.4. The summed E-state index contributed by atoms with van der Waals surface area (Å²) in [7, 11) is 0. The van der Waals surface area contributed by atoms with E-state index in [9.17, 15) is 9.59 Å². The summed E-state index contributed by atoms with van der Waals surface area (Å²) >= 11 is 0. The van der Waals surface area contributed by atoms with Gasteiger partial charge in [0, 0.05) is 5.39 Å². The average molecular weight is 289 g/mol. The SMILES string of the molecule is CCCC(NC(=O)c1cc2cc(C)c(C)cc2o1)C(=O)O. The van der Waals surface area contributed by atoms with Crippen molar-refractivity contribution in [1.82, 2.24) is 5.32 Å². The van der Waals surface area contributed by atoms with E-state index >= 15 is 0 Å². The first-order valence-electron chi connectivity index (χ1n) is 6.96. The molecule has 0 fully saturated rings. The smallest absolute Gasteiger partial charge is 0.326 e. The second-order valence-electron chi connectivity index (χ2n) is 5.24. The van der Waals surface area contributed by atoms with Crippen molar-refractivity contribution in [2.45, 2.75) is 39.7 Å². The third kappa shape index (κ3) is 3.24. The molecular formula is C16H19NO4. The first-order valence-corrected chi connectivity index (χ1v) is 6.96. The first-order chi connectivity index (χ1) is 9.92. The van der Waals surface area contributed by atoms with Crippen LogP contribution in [0.4, 0.5) is 0 Å². The van der Waals surface area contributed by atoms with Crippen LogP contribution in [-0.2, 0) is 4.79 Å². The number of hydrogen-bond acceptors (Lipinski definition) is 3. The number of aliphatic carboxylic acids is 1. The van der Waals surface area contributed by atoms with E-state index in [2.05, 4.69) is 5.32 Å². The molecule has 1 aromatic carbocycles. The summed E-state index contributed by atoms with van der Waals surface area (Å²) < 4.78 is 5.52. The third-order valence-corrected chi connectivity index (χ3v) is 3.54. The Balaban J connectivity index is 2.25. The zero-order chi connectivity index (χ0) is 15.6. The lowest BCUT2D eigenvalue weighted by Crippen LogP contribution is -2.40. The number of fused-ring (bicyclic) bond motifs is 1. The van der Waals surface area contributed by atoms with Gasteiger partial charge in [0.05, 0.1) is 0 Å². The molecule has 0 aliphatic heterocycles. The summed E-state index contributed by atoms with van der Waals surface area (Å²) in [4.78, 5) is 23.2. The molecule has 1 atom stereocenters. The molecule has 2 aromatic rings. The van der Waals surface area contributed by atoms with Gasteiger partial charge in [-0.05, 0) is 49.6 Å². The predicted octanol–water partition coefficient (Wildman–Crippen LogP) is 3.03. The van der Waals surface area contributed by atoms with E-state index in [1.807, 2.05) is 32.9 Å². The van der Waals surface area contributed by atoms with E-state index in [0.717, 1.165) is 16.5 Å². The van der Waals surface area contributed by atoms with E-state index in [1.54, 1.807) is 6.07 Å². The number of furan rings is 1. The van der Waals surface area contributed by atoms with Crippen molar-refractivity contribution in [3.63, 3.8) is 0 Å². The predicted molar refractivity (Wildman–Crippen MR) is 79.5 cm³/mol. The van der Waals surface area contributed by atoms with E-state index in [1.165, 1.54) is 0 Å². The van der Waals surface area contributed by atoms with Crippen LogP contribution in [-0.4, -0.2) is 23.0 Å². The van der Waals surface area contributed by atoms with Crippen molar-refractivity contribution in [2.75, 3.05) is 0 Å². The molecule has 0 aliphatic carbocycles. The second-order valence-corrected chi connectivity index (χ2v) is 5.24. The van der Waals surface area contributed by atoms with Crippen LogP contribution in [0.15, 0.2) is 22.6 Å². The van der Waals surface area contributed by atoms with Crippen molar-refractivity contribution in [3.8, 4) is 0 Å². The van der Waals surface area contributed by atoms with Gasteiger partial charge in [0.2, 0.25) is 0 Å². The molecule has 0 spiro atoms. The molecule has 5 nitrogen and oxygen atoms in total. The fourth-order valence-electron chi connectivity index (χ4n) is 2.19. The quantitative estimate of drug-likeness (QED) is 0.886. The highest BCUT2D eigenvalue weighted by molar-refractivity contribution is 5.98. The van der Waals surface area contributed by atoms with Gasteiger partial charge in [-0.2, -0.15) is 0 Å². The van der Waals surface area contributed by atoms with Crippen LogP contribution < -0.4 is 5.32 Å². The van der Waals surface area contributed by atoms with Crippen LogP contribution in [0.2, 0.25) is 0 Å². The van der Waals surface area contributed by atoms with Crippen LogP contribution in [0.1, 0.15) is 41.4 Å². The number of carbonyl (C=O) groups is 2. The number of carboxylic acids is 1. The number of aryl methyl sites for hydroxylation is 2. The van der Waals surface area contributed by atoms with Crippen molar-refractivity contribution in [2.24, 2.45) is 0 Å². The summed E-state index contributed by atoms with van der Waals surface area (Å²) in [5.74, 6) is -1.40. The van der Waals surface area contributed by atoms with E-state index < -0.39 is 17.9 Å². The average Bonchev–Trinajstić information content (AvgIpc) is 2.81. The van der Waals surface area contributed by atoms with Gasteiger partial charge < -0.3 is 14.8 Å². The van der Waals surface area contributed by atoms with Gasteiger partial charge in [0.1, 0.15) is 11.6 Å². The number of hydrogen-bond donors (Lipinski definition) is 2. The molecule has 0 saturated heterocycles. The van der Waals surface area contributed by atoms with Gasteiger partial charge in [-0.3, -0.25) is 4.79 Å². The number of benzene rings is 1. The molecule has 1 heterocycles. The molecule has 0 aliphatic rings. The number of amides is 1. The molecule has 1 aromatic heterocycles. The Bertz CT molecular complexity index is 648. The first kappa shape index (κ1) is 15.1. The zero-order valence-electron chi connectivity index (χ0n) is 12.4. The minimum atomic E-state index is -1.03. The maximum atomic E-state index is 12.1. The number of rotatable bonds is 5. The lowest BCUT2D eigenvalue weighted by Gasteiger charge is -2.11. The lowest BCUT2D eigenvalue weighted by molar-refractivity contribution is -0.139. The van der Waals surface area contributed by atoms with Gasteiger partial charge in [-0.1, -0.05) is 13.3 Å². The van der Waals surface area contributed by atoms with Crippen molar-refractivity contribution in [1.29, 1.82) is 0 Å². The van der Waals surface area contributed by atoms with Gasteiger partial charge >= 0.3 is 5.97 Å². The van der Waals surface area contributed by atoms with Crippen LogP contribution in [0, 0.1) is 13.8 Å². The maximum absolute atomic E-state index is 12.1. The summed E-state index contributed by atoms with van der Waals surface area (Å²) in [6, 6.07) is 4.58. The second kappa shape index (κ2) is 5.99. The third-order valence-electron chi connectivity index (χ3n) is 3.54. The summed E-state index contributed by atoms with van der Waals surface area (Å²) in [6.45, 7) is 5.83. The van der Waals surface area contributed by atoms with E-state index in [0.29, 0.717) is 18.4 Å². The number of carboxylic acid groups (broad SMARTS) is 1. The molecule has 0 bridgehead atoms. The summed E-state index contributed by atoms with van der Waals surface area (Å²) in [6.07, 6.45) is 1.06. The van der Waals surface area contributed by atoms with E-state index in [-0.39, 0.29) is 5.76 Å².